The highest BCUT2D eigenvalue weighted by molar-refractivity contribution is 5.99. The number of ether oxygens (including phenoxy) is 2. The van der Waals surface area contributed by atoms with Crippen LogP contribution < -0.4 is 4.74 Å². The first-order valence-corrected chi connectivity index (χ1v) is 16.4. The second-order valence-electron chi connectivity index (χ2n) is 15.0. The van der Waals surface area contributed by atoms with Crippen LogP contribution >= 0.6 is 0 Å². The van der Waals surface area contributed by atoms with Crippen LogP contribution in [0, 0.1) is 16.7 Å². The molecule has 0 spiro atoms. The van der Waals surface area contributed by atoms with E-state index in [2.05, 4.69) is 60.6 Å². The Morgan fingerprint density at radius 1 is 0.977 bits per heavy atom. The van der Waals surface area contributed by atoms with Crippen molar-refractivity contribution in [1.82, 2.24) is 4.90 Å². The summed E-state index contributed by atoms with van der Waals surface area (Å²) < 4.78 is 11.1. The van der Waals surface area contributed by atoms with E-state index in [-0.39, 0.29) is 28.9 Å². The van der Waals surface area contributed by atoms with Crippen molar-refractivity contribution in [1.29, 1.82) is 0 Å². The van der Waals surface area contributed by atoms with Crippen molar-refractivity contribution in [2.45, 2.75) is 126 Å². The maximum atomic E-state index is 13.3. The zero-order valence-corrected chi connectivity index (χ0v) is 28.9. The fraction of sp³-hybridized carbons (Fsp3) is 0.605. The molecule has 6 heteroatoms. The molecule has 0 radical (unpaired) electrons. The minimum Gasteiger partial charge on any atom is -0.494 e. The lowest BCUT2D eigenvalue weighted by Gasteiger charge is -2.49. The van der Waals surface area contributed by atoms with Crippen molar-refractivity contribution in [3.8, 4) is 5.75 Å². The Bertz CT molecular complexity index is 1240. The van der Waals surface area contributed by atoms with E-state index in [9.17, 15) is 9.59 Å². The Labute approximate surface area is 266 Å². The van der Waals surface area contributed by atoms with Crippen molar-refractivity contribution in [2.24, 2.45) is 21.7 Å². The summed E-state index contributed by atoms with van der Waals surface area (Å²) in [6, 6.07) is 15.5. The zero-order chi connectivity index (χ0) is 32.7. The van der Waals surface area contributed by atoms with Crippen LogP contribution in [0.5, 0.6) is 5.75 Å². The number of amides is 1. The van der Waals surface area contributed by atoms with Gasteiger partial charge < -0.3 is 14.4 Å². The largest absolute Gasteiger partial charge is 0.494 e. The number of benzene rings is 2. The summed E-state index contributed by atoms with van der Waals surface area (Å²) in [7, 11) is 0. The number of hydrogen-bond acceptors (Lipinski definition) is 5. The zero-order valence-electron chi connectivity index (χ0n) is 28.9. The van der Waals surface area contributed by atoms with Crippen LogP contribution in [-0.2, 0) is 9.53 Å². The number of hydrogen-bond donors (Lipinski definition) is 0. The number of aliphatic imine (C=N–C) groups is 1. The Balaban J connectivity index is 2.09. The van der Waals surface area contributed by atoms with Crippen molar-refractivity contribution >= 4 is 18.1 Å². The molecule has 1 amide bonds. The Hall–Kier alpha value is -3.15. The maximum absolute atomic E-state index is 13.3. The average Bonchev–Trinajstić information content (AvgIpc) is 2.94. The third-order valence-corrected chi connectivity index (χ3v) is 8.94. The topological polar surface area (TPSA) is 68.2 Å². The van der Waals surface area contributed by atoms with Gasteiger partial charge in [0, 0.05) is 5.71 Å². The van der Waals surface area contributed by atoms with Gasteiger partial charge in [0.1, 0.15) is 11.4 Å². The van der Waals surface area contributed by atoms with Gasteiger partial charge in [0.05, 0.1) is 24.3 Å². The van der Waals surface area contributed by atoms with E-state index in [1.54, 1.807) is 0 Å². The van der Waals surface area contributed by atoms with Crippen LogP contribution in [0.3, 0.4) is 0 Å². The molecule has 1 unspecified atom stereocenters. The van der Waals surface area contributed by atoms with Gasteiger partial charge in [-0.15, -0.1) is 0 Å². The number of carbonyl (C=O) groups excluding carboxylic acids is 2. The molecule has 2 aromatic rings. The predicted octanol–water partition coefficient (Wildman–Crippen LogP) is 9.42. The highest BCUT2D eigenvalue weighted by Gasteiger charge is 2.45. The lowest BCUT2D eigenvalue weighted by atomic mass is 9.69. The molecule has 0 N–H and O–H groups in total. The molecule has 1 atom stereocenters. The molecular formula is C38H56N2O4. The van der Waals surface area contributed by atoms with E-state index in [1.165, 1.54) is 0 Å². The van der Waals surface area contributed by atoms with Gasteiger partial charge in [-0.25, -0.2) is 4.79 Å². The molecule has 0 heterocycles. The lowest BCUT2D eigenvalue weighted by Crippen LogP contribution is -2.52. The lowest BCUT2D eigenvalue weighted by molar-refractivity contribution is -0.130. The minimum atomic E-state index is -0.677. The third-order valence-electron chi connectivity index (χ3n) is 8.94. The van der Waals surface area contributed by atoms with Gasteiger partial charge in [-0.2, -0.15) is 0 Å². The van der Waals surface area contributed by atoms with E-state index in [0.29, 0.717) is 18.1 Å². The molecule has 0 saturated heterocycles. The normalized spacial score (nSPS) is 20.2. The molecule has 1 aliphatic carbocycles. The van der Waals surface area contributed by atoms with E-state index < -0.39 is 5.66 Å². The highest BCUT2D eigenvalue weighted by atomic mass is 16.5. The first-order valence-electron chi connectivity index (χ1n) is 16.4. The van der Waals surface area contributed by atoms with Crippen molar-refractivity contribution in [3.05, 3.63) is 65.2 Å². The summed E-state index contributed by atoms with van der Waals surface area (Å²) >= 11 is 0. The van der Waals surface area contributed by atoms with Gasteiger partial charge in [-0.1, -0.05) is 53.7 Å². The molecule has 44 heavy (non-hydrogen) atoms. The van der Waals surface area contributed by atoms with Crippen LogP contribution in [0.4, 0.5) is 0 Å². The average molecular weight is 605 g/mol. The van der Waals surface area contributed by atoms with Crippen molar-refractivity contribution < 1.29 is 19.1 Å². The fourth-order valence-corrected chi connectivity index (χ4v) is 6.33. The predicted molar refractivity (Wildman–Crippen MR) is 180 cm³/mol. The summed E-state index contributed by atoms with van der Waals surface area (Å²) in [5.74, 6) is 1.06. The van der Waals surface area contributed by atoms with E-state index in [0.717, 1.165) is 67.5 Å². The number of esters is 1. The molecule has 1 aliphatic rings. The second-order valence-corrected chi connectivity index (χ2v) is 15.0. The number of rotatable bonds is 12. The van der Waals surface area contributed by atoms with E-state index in [1.807, 2.05) is 62.1 Å². The van der Waals surface area contributed by atoms with Crippen LogP contribution in [0.1, 0.15) is 135 Å². The SMILES string of the molecule is CCOc1ccc(/C(C)=N/C2(N(C=O)C(CCC(C)(C)C)c3ccc(C(=O)OC(C)C)cc3)CCC(C(C)(C)C)CC2)cc1. The van der Waals surface area contributed by atoms with Gasteiger partial charge in [-0.3, -0.25) is 9.79 Å². The van der Waals surface area contributed by atoms with Crippen LogP contribution in [-0.4, -0.2) is 41.4 Å². The minimum absolute atomic E-state index is 0.0896. The molecule has 1 saturated carbocycles. The molecule has 6 nitrogen and oxygen atoms in total. The summed E-state index contributed by atoms with van der Waals surface area (Å²) in [5, 5.41) is 0. The van der Waals surface area contributed by atoms with Gasteiger partial charge in [-0.05, 0) is 130 Å². The van der Waals surface area contributed by atoms with Gasteiger partial charge in [0.2, 0.25) is 6.41 Å². The Morgan fingerprint density at radius 2 is 1.55 bits per heavy atom. The summed E-state index contributed by atoms with van der Waals surface area (Å²) in [6.07, 6.45) is 6.16. The third kappa shape index (κ3) is 9.42. The monoisotopic (exact) mass is 604 g/mol. The molecular weight excluding hydrogens is 548 g/mol. The van der Waals surface area contributed by atoms with Crippen LogP contribution in [0.25, 0.3) is 0 Å². The number of nitrogens with zero attached hydrogens (tertiary/aromatic N) is 2. The van der Waals surface area contributed by atoms with Crippen LogP contribution in [0.2, 0.25) is 0 Å². The van der Waals surface area contributed by atoms with Gasteiger partial charge in [0.25, 0.3) is 0 Å². The molecule has 0 aromatic heterocycles. The van der Waals surface area contributed by atoms with Gasteiger partial charge in [0.15, 0.2) is 0 Å². The Kier molecular flexibility index (Phi) is 11.8. The summed E-state index contributed by atoms with van der Waals surface area (Å²) in [4.78, 5) is 33.4. The Morgan fingerprint density at radius 3 is 2.02 bits per heavy atom. The molecule has 1 fully saturated rings. The standard InChI is InChI=1S/C38H56N2O4/c1-11-43-33-18-16-29(17-19-33)28(4)39-38(24-20-32(21-25-38)37(8,9)10)40(26-41)34(22-23-36(5,6)7)30-12-14-31(15-13-30)35(42)44-27(2)3/h12-19,26-27,32,34H,11,20-25H2,1-10H3/b39-28+. The summed E-state index contributed by atoms with van der Waals surface area (Å²) in [5.41, 5.74) is 3.06. The van der Waals surface area contributed by atoms with Crippen molar-refractivity contribution in [3.63, 3.8) is 0 Å². The van der Waals surface area contributed by atoms with Gasteiger partial charge >= 0.3 is 5.97 Å². The van der Waals surface area contributed by atoms with Crippen molar-refractivity contribution in [2.75, 3.05) is 6.61 Å². The first-order chi connectivity index (χ1) is 20.6. The fourth-order valence-electron chi connectivity index (χ4n) is 6.33. The molecule has 0 bridgehead atoms. The number of carbonyl (C=O) groups is 2. The second kappa shape index (κ2) is 14.8. The first kappa shape index (κ1) is 35.3. The molecule has 3 rings (SSSR count). The highest BCUT2D eigenvalue weighted by Crippen LogP contribution is 2.47. The molecule has 242 valence electrons. The smallest absolute Gasteiger partial charge is 0.338 e. The van der Waals surface area contributed by atoms with E-state index in [4.69, 9.17) is 14.5 Å². The summed E-state index contributed by atoms with van der Waals surface area (Å²) in [6.45, 7) is 22.0. The molecule has 2 aromatic carbocycles. The van der Waals surface area contributed by atoms with Crippen LogP contribution in [0.15, 0.2) is 53.5 Å². The maximum Gasteiger partial charge on any atom is 0.338 e. The molecule has 0 aliphatic heterocycles. The quantitative estimate of drug-likeness (QED) is 0.137. The van der Waals surface area contributed by atoms with E-state index >= 15 is 0 Å².